The standard InChI is InChI=1S/C19H26N4O3/c1-13-10-14(2)12-22(11-13)8-5-7-20-17(24)16-18(25)21-15-6-3-4-9-23(15)19(16)26/h3-4,6,9,13-14,25H,5,7-8,10-12H2,1-2H3,(H,20,24)/t13-,14-/m0/s1. The van der Waals surface area contributed by atoms with Gasteiger partial charge in [-0.05, 0) is 43.4 Å². The molecule has 26 heavy (non-hydrogen) atoms. The van der Waals surface area contributed by atoms with Gasteiger partial charge < -0.3 is 15.3 Å². The van der Waals surface area contributed by atoms with Crippen LogP contribution >= 0.6 is 0 Å². The number of nitrogens with zero attached hydrogens (tertiary/aromatic N) is 3. The fourth-order valence-corrected chi connectivity index (χ4v) is 3.84. The van der Waals surface area contributed by atoms with E-state index >= 15 is 0 Å². The van der Waals surface area contributed by atoms with Crippen molar-refractivity contribution in [3.05, 3.63) is 40.3 Å². The van der Waals surface area contributed by atoms with Crippen LogP contribution in [-0.4, -0.2) is 51.5 Å². The number of aromatic nitrogens is 2. The summed E-state index contributed by atoms with van der Waals surface area (Å²) < 4.78 is 1.26. The molecule has 0 aromatic carbocycles. The fourth-order valence-electron chi connectivity index (χ4n) is 3.84. The summed E-state index contributed by atoms with van der Waals surface area (Å²) in [4.78, 5) is 31.1. The average molecular weight is 358 g/mol. The third kappa shape index (κ3) is 4.04. The number of carbonyl (C=O) groups is 1. The maximum absolute atomic E-state index is 12.4. The molecule has 7 nitrogen and oxygen atoms in total. The van der Waals surface area contributed by atoms with Crippen LogP contribution in [0.25, 0.3) is 5.65 Å². The van der Waals surface area contributed by atoms with Gasteiger partial charge in [-0.1, -0.05) is 19.9 Å². The highest BCUT2D eigenvalue weighted by Crippen LogP contribution is 2.20. The predicted octanol–water partition coefficient (Wildman–Crippen LogP) is 1.50. The fraction of sp³-hybridized carbons (Fsp3) is 0.526. The lowest BCUT2D eigenvalue weighted by atomic mass is 9.92. The first-order chi connectivity index (χ1) is 12.5. The molecule has 3 heterocycles. The van der Waals surface area contributed by atoms with Crippen LogP contribution in [0.4, 0.5) is 0 Å². The van der Waals surface area contributed by atoms with Gasteiger partial charge in [0.25, 0.3) is 11.5 Å². The Morgan fingerprint density at radius 2 is 2.04 bits per heavy atom. The Labute approximate surface area is 152 Å². The molecular formula is C19H26N4O3. The summed E-state index contributed by atoms with van der Waals surface area (Å²) in [5.74, 6) is 0.291. The van der Waals surface area contributed by atoms with Crippen molar-refractivity contribution in [2.45, 2.75) is 26.7 Å². The first-order valence-corrected chi connectivity index (χ1v) is 9.16. The molecule has 2 atom stereocenters. The third-order valence-electron chi connectivity index (χ3n) is 4.82. The Bertz CT molecular complexity index is 838. The Balaban J connectivity index is 1.59. The monoisotopic (exact) mass is 358 g/mol. The van der Waals surface area contributed by atoms with E-state index in [1.807, 2.05) is 0 Å². The summed E-state index contributed by atoms with van der Waals surface area (Å²) in [6.45, 7) is 8.09. The molecule has 3 rings (SSSR count). The second-order valence-corrected chi connectivity index (χ2v) is 7.36. The second kappa shape index (κ2) is 7.86. The quantitative estimate of drug-likeness (QED) is 0.791. The number of piperidine rings is 1. The molecule has 2 aromatic heterocycles. The Hall–Kier alpha value is -2.41. The molecule has 0 radical (unpaired) electrons. The number of nitrogens with one attached hydrogen (secondary N) is 1. The van der Waals surface area contributed by atoms with Gasteiger partial charge in [0.2, 0.25) is 5.88 Å². The molecule has 1 amide bonds. The molecule has 0 spiro atoms. The SMILES string of the molecule is C[C@H]1C[C@H](C)CN(CCCNC(=O)c2c(O)nc3ccccn3c2=O)C1. The summed E-state index contributed by atoms with van der Waals surface area (Å²) in [6.07, 6.45) is 3.60. The number of aromatic hydroxyl groups is 1. The van der Waals surface area contributed by atoms with Gasteiger partial charge in [0.1, 0.15) is 5.65 Å². The number of amides is 1. The summed E-state index contributed by atoms with van der Waals surface area (Å²) in [5.41, 5.74) is -0.571. The number of pyridine rings is 1. The molecule has 0 aliphatic carbocycles. The van der Waals surface area contributed by atoms with Crippen molar-refractivity contribution >= 4 is 11.6 Å². The number of likely N-dealkylation sites (tertiary alicyclic amines) is 1. The summed E-state index contributed by atoms with van der Waals surface area (Å²) in [5, 5.41) is 12.7. The molecule has 2 N–H and O–H groups in total. The topological polar surface area (TPSA) is 86.9 Å². The van der Waals surface area contributed by atoms with E-state index < -0.39 is 17.3 Å². The maximum Gasteiger partial charge on any atom is 0.274 e. The lowest BCUT2D eigenvalue weighted by Crippen LogP contribution is -2.40. The Kier molecular flexibility index (Phi) is 5.56. The maximum atomic E-state index is 12.4. The Morgan fingerprint density at radius 1 is 1.31 bits per heavy atom. The van der Waals surface area contributed by atoms with Crippen molar-refractivity contribution in [2.75, 3.05) is 26.2 Å². The van der Waals surface area contributed by atoms with Crippen molar-refractivity contribution in [1.82, 2.24) is 19.6 Å². The van der Waals surface area contributed by atoms with Crippen molar-refractivity contribution in [3.8, 4) is 5.88 Å². The average Bonchev–Trinajstić information content (AvgIpc) is 2.58. The van der Waals surface area contributed by atoms with E-state index in [-0.39, 0.29) is 5.56 Å². The summed E-state index contributed by atoms with van der Waals surface area (Å²) in [7, 11) is 0. The number of hydrogen-bond donors (Lipinski definition) is 2. The van der Waals surface area contributed by atoms with Gasteiger partial charge in [-0.2, -0.15) is 4.98 Å². The minimum Gasteiger partial charge on any atom is -0.493 e. The van der Waals surface area contributed by atoms with Crippen molar-refractivity contribution in [2.24, 2.45) is 11.8 Å². The van der Waals surface area contributed by atoms with Gasteiger partial charge in [-0.25, -0.2) is 0 Å². The van der Waals surface area contributed by atoms with E-state index in [0.717, 1.165) is 26.1 Å². The van der Waals surface area contributed by atoms with Crippen molar-refractivity contribution in [3.63, 3.8) is 0 Å². The zero-order valence-corrected chi connectivity index (χ0v) is 15.3. The predicted molar refractivity (Wildman–Crippen MR) is 99.5 cm³/mol. The van der Waals surface area contributed by atoms with Crippen LogP contribution in [0.15, 0.2) is 29.2 Å². The minimum absolute atomic E-state index is 0.305. The highest BCUT2D eigenvalue weighted by atomic mass is 16.3. The zero-order valence-electron chi connectivity index (χ0n) is 15.3. The van der Waals surface area contributed by atoms with Gasteiger partial charge in [-0.15, -0.1) is 0 Å². The highest BCUT2D eigenvalue weighted by molar-refractivity contribution is 5.96. The van der Waals surface area contributed by atoms with Crippen LogP contribution in [0.5, 0.6) is 5.88 Å². The van der Waals surface area contributed by atoms with E-state index in [9.17, 15) is 14.7 Å². The largest absolute Gasteiger partial charge is 0.493 e. The van der Waals surface area contributed by atoms with Gasteiger partial charge in [0, 0.05) is 25.8 Å². The first kappa shape index (κ1) is 18.4. The molecule has 1 fully saturated rings. The van der Waals surface area contributed by atoms with Crippen LogP contribution < -0.4 is 10.9 Å². The molecule has 1 aliphatic heterocycles. The minimum atomic E-state index is -0.585. The number of carbonyl (C=O) groups excluding carboxylic acids is 1. The van der Waals surface area contributed by atoms with E-state index in [4.69, 9.17) is 0 Å². The third-order valence-corrected chi connectivity index (χ3v) is 4.82. The van der Waals surface area contributed by atoms with Crippen LogP contribution in [0.2, 0.25) is 0 Å². The molecule has 7 heteroatoms. The van der Waals surface area contributed by atoms with Gasteiger partial charge >= 0.3 is 0 Å². The van der Waals surface area contributed by atoms with E-state index in [1.54, 1.807) is 18.2 Å². The zero-order chi connectivity index (χ0) is 18.7. The smallest absolute Gasteiger partial charge is 0.274 e. The molecular weight excluding hydrogens is 332 g/mol. The lowest BCUT2D eigenvalue weighted by Gasteiger charge is -2.34. The number of hydrogen-bond acceptors (Lipinski definition) is 5. The Morgan fingerprint density at radius 3 is 2.77 bits per heavy atom. The van der Waals surface area contributed by atoms with E-state index in [1.165, 1.54) is 17.0 Å². The second-order valence-electron chi connectivity index (χ2n) is 7.36. The van der Waals surface area contributed by atoms with Crippen LogP contribution in [0.3, 0.4) is 0 Å². The molecule has 0 unspecified atom stereocenters. The van der Waals surface area contributed by atoms with E-state index in [2.05, 4.69) is 29.0 Å². The number of fused-ring (bicyclic) bond motifs is 1. The first-order valence-electron chi connectivity index (χ1n) is 9.16. The highest BCUT2D eigenvalue weighted by Gasteiger charge is 2.22. The van der Waals surface area contributed by atoms with Crippen LogP contribution in [0.1, 0.15) is 37.0 Å². The molecule has 1 saturated heterocycles. The van der Waals surface area contributed by atoms with Crippen LogP contribution in [0, 0.1) is 11.8 Å². The van der Waals surface area contributed by atoms with Gasteiger partial charge in [0.15, 0.2) is 5.56 Å². The lowest BCUT2D eigenvalue weighted by molar-refractivity contribution is 0.0942. The van der Waals surface area contributed by atoms with Crippen LogP contribution in [-0.2, 0) is 0 Å². The molecule has 140 valence electrons. The number of rotatable bonds is 5. The molecule has 1 aliphatic rings. The van der Waals surface area contributed by atoms with Gasteiger partial charge in [0.05, 0.1) is 0 Å². The molecule has 0 bridgehead atoms. The molecule has 2 aromatic rings. The van der Waals surface area contributed by atoms with Gasteiger partial charge in [-0.3, -0.25) is 14.0 Å². The summed E-state index contributed by atoms with van der Waals surface area (Å²) >= 11 is 0. The molecule has 0 saturated carbocycles. The summed E-state index contributed by atoms with van der Waals surface area (Å²) in [6, 6.07) is 4.99. The van der Waals surface area contributed by atoms with E-state index in [0.29, 0.717) is 24.0 Å². The van der Waals surface area contributed by atoms with Crippen molar-refractivity contribution < 1.29 is 9.90 Å². The normalized spacial score (nSPS) is 21.0. The van der Waals surface area contributed by atoms with Crippen molar-refractivity contribution in [1.29, 1.82) is 0 Å².